The Morgan fingerprint density at radius 1 is 0.857 bits per heavy atom. The van der Waals surface area contributed by atoms with Crippen LogP contribution >= 0.6 is 23.2 Å². The highest BCUT2D eigenvalue weighted by Crippen LogP contribution is 2.36. The summed E-state index contributed by atoms with van der Waals surface area (Å²) in [7, 11) is 0. The van der Waals surface area contributed by atoms with Gasteiger partial charge in [0.15, 0.2) is 5.75 Å². The number of ether oxygens (including phenoxy) is 2. The molecule has 4 rings (SSSR count). The molecule has 0 aliphatic carbocycles. The van der Waals surface area contributed by atoms with E-state index in [0.717, 1.165) is 16.5 Å². The van der Waals surface area contributed by atoms with Crippen LogP contribution in [0.1, 0.15) is 16.7 Å². The molecule has 0 saturated carbocycles. The molecule has 6 nitrogen and oxygen atoms in total. The van der Waals surface area contributed by atoms with E-state index >= 15 is 0 Å². The van der Waals surface area contributed by atoms with Crippen molar-refractivity contribution in [2.45, 2.75) is 25.7 Å². The number of carboxylic acid groups (broad SMARTS) is 1. The summed E-state index contributed by atoms with van der Waals surface area (Å²) >= 11 is 12.7. The quantitative estimate of drug-likeness (QED) is 0.244. The van der Waals surface area contributed by atoms with Gasteiger partial charge >= 0.3 is 5.97 Å². The summed E-state index contributed by atoms with van der Waals surface area (Å²) in [5.74, 6) is -0.192. The number of fused-ring (bicyclic) bond motifs is 1. The van der Waals surface area contributed by atoms with Crippen molar-refractivity contribution in [1.29, 1.82) is 0 Å². The van der Waals surface area contributed by atoms with E-state index in [1.165, 1.54) is 5.39 Å². The second-order valence-electron chi connectivity index (χ2n) is 8.16. The molecule has 0 fully saturated rings. The number of nitrogens with two attached hydrogens (primary N) is 2. The van der Waals surface area contributed by atoms with Crippen LogP contribution in [0.5, 0.6) is 11.5 Å². The Labute approximate surface area is 213 Å². The number of hydrogen-bond acceptors (Lipinski definition) is 5. The molecule has 4 aromatic carbocycles. The van der Waals surface area contributed by atoms with Crippen LogP contribution < -0.4 is 20.9 Å². The monoisotopic (exact) mass is 510 g/mol. The Hall–Kier alpha value is -3.45. The summed E-state index contributed by atoms with van der Waals surface area (Å²) in [5, 5.41) is 11.8. The summed E-state index contributed by atoms with van der Waals surface area (Å²) in [6.45, 7) is 0.493. The second kappa shape index (κ2) is 10.9. The maximum atomic E-state index is 11.0. The van der Waals surface area contributed by atoms with E-state index in [1.54, 1.807) is 30.3 Å². The first-order chi connectivity index (χ1) is 16.8. The molecule has 0 amide bonds. The van der Waals surface area contributed by atoms with Gasteiger partial charge in [0.05, 0.1) is 10.0 Å². The molecule has 35 heavy (non-hydrogen) atoms. The van der Waals surface area contributed by atoms with Crippen molar-refractivity contribution in [2.24, 2.45) is 5.73 Å². The van der Waals surface area contributed by atoms with E-state index in [0.29, 0.717) is 23.6 Å². The molecule has 5 N–H and O–H groups in total. The van der Waals surface area contributed by atoms with Crippen molar-refractivity contribution < 1.29 is 19.4 Å². The van der Waals surface area contributed by atoms with E-state index in [2.05, 4.69) is 24.3 Å². The van der Waals surface area contributed by atoms with Crippen LogP contribution in [-0.2, 0) is 24.4 Å². The highest BCUT2D eigenvalue weighted by Gasteiger charge is 2.16. The smallest absolute Gasteiger partial charge is 0.320 e. The summed E-state index contributed by atoms with van der Waals surface area (Å²) in [6, 6.07) is 21.8. The zero-order valence-corrected chi connectivity index (χ0v) is 20.2. The van der Waals surface area contributed by atoms with Crippen LogP contribution in [0.25, 0.3) is 10.8 Å². The fourth-order valence-electron chi connectivity index (χ4n) is 3.70. The first kappa shape index (κ1) is 24.7. The van der Waals surface area contributed by atoms with E-state index in [-0.39, 0.29) is 28.8 Å². The molecule has 180 valence electrons. The van der Waals surface area contributed by atoms with Gasteiger partial charge in [0.2, 0.25) is 0 Å². The zero-order valence-electron chi connectivity index (χ0n) is 18.7. The summed E-state index contributed by atoms with van der Waals surface area (Å²) < 4.78 is 12.0. The standard InChI is InChI=1S/C27H24Cl2N2O4/c28-22-10-17(12-24(31)27(32)33)11-23(29)26(22)35-15-20-13-21(30)7-8-25(20)34-14-16-5-6-18-3-1-2-4-19(18)9-16/h1-11,13,24H,12,14-15,30-31H2,(H,32,33). The third kappa shape index (κ3) is 6.17. The topological polar surface area (TPSA) is 108 Å². The van der Waals surface area contributed by atoms with E-state index in [4.69, 9.17) is 49.2 Å². The number of hydrogen-bond donors (Lipinski definition) is 3. The molecule has 1 atom stereocenters. The molecule has 0 aliphatic rings. The SMILES string of the molecule is Nc1ccc(OCc2ccc3ccccc3c2)c(COc2c(Cl)cc(CC(N)C(=O)O)cc2Cl)c1. The number of halogens is 2. The predicted molar refractivity (Wildman–Crippen MR) is 139 cm³/mol. The van der Waals surface area contributed by atoms with E-state index < -0.39 is 12.0 Å². The van der Waals surface area contributed by atoms with Crippen molar-refractivity contribution in [3.05, 3.63) is 99.5 Å². The molecule has 0 radical (unpaired) electrons. The van der Waals surface area contributed by atoms with Crippen LogP contribution in [0.15, 0.2) is 72.8 Å². The Morgan fingerprint density at radius 3 is 2.29 bits per heavy atom. The largest absolute Gasteiger partial charge is 0.488 e. The first-order valence-corrected chi connectivity index (χ1v) is 11.6. The van der Waals surface area contributed by atoms with Gasteiger partial charge in [-0.3, -0.25) is 4.79 Å². The average Bonchev–Trinajstić information content (AvgIpc) is 2.82. The number of rotatable bonds is 9. The van der Waals surface area contributed by atoms with Crippen LogP contribution in [0.2, 0.25) is 10.0 Å². The van der Waals surface area contributed by atoms with E-state index in [1.807, 2.05) is 18.2 Å². The van der Waals surface area contributed by atoms with Gasteiger partial charge in [-0.25, -0.2) is 0 Å². The van der Waals surface area contributed by atoms with Gasteiger partial charge in [-0.2, -0.15) is 0 Å². The molecule has 0 heterocycles. The van der Waals surface area contributed by atoms with Crippen molar-refractivity contribution in [1.82, 2.24) is 0 Å². The van der Waals surface area contributed by atoms with Crippen molar-refractivity contribution in [2.75, 3.05) is 5.73 Å². The molecule has 0 aromatic heterocycles. The number of carbonyl (C=O) groups is 1. The average molecular weight is 511 g/mol. The van der Waals surface area contributed by atoms with Gasteiger partial charge in [0, 0.05) is 11.3 Å². The fraction of sp³-hybridized carbons (Fsp3) is 0.148. The van der Waals surface area contributed by atoms with Crippen LogP contribution in [0.3, 0.4) is 0 Å². The number of benzene rings is 4. The normalized spacial score (nSPS) is 11.9. The highest BCUT2D eigenvalue weighted by atomic mass is 35.5. The Morgan fingerprint density at radius 2 is 1.57 bits per heavy atom. The first-order valence-electron chi connectivity index (χ1n) is 10.9. The maximum Gasteiger partial charge on any atom is 0.320 e. The Balaban J connectivity index is 1.48. The lowest BCUT2D eigenvalue weighted by Crippen LogP contribution is -2.32. The fourth-order valence-corrected chi connectivity index (χ4v) is 4.34. The van der Waals surface area contributed by atoms with Gasteiger partial charge < -0.3 is 26.0 Å². The number of anilines is 1. The molecule has 0 spiro atoms. The lowest BCUT2D eigenvalue weighted by atomic mass is 10.1. The van der Waals surface area contributed by atoms with Crippen LogP contribution in [0.4, 0.5) is 5.69 Å². The molecule has 1 unspecified atom stereocenters. The van der Waals surface area contributed by atoms with Crippen LogP contribution in [-0.4, -0.2) is 17.1 Å². The van der Waals surface area contributed by atoms with Gasteiger partial charge in [-0.05, 0) is 64.7 Å². The van der Waals surface area contributed by atoms with Crippen molar-refractivity contribution >= 4 is 45.6 Å². The van der Waals surface area contributed by atoms with Crippen molar-refractivity contribution in [3.8, 4) is 11.5 Å². The molecule has 0 aliphatic heterocycles. The Bertz CT molecular complexity index is 1350. The third-order valence-corrected chi connectivity index (χ3v) is 6.06. The number of nitrogen functional groups attached to an aromatic ring is 1. The minimum absolute atomic E-state index is 0.0943. The van der Waals surface area contributed by atoms with Crippen molar-refractivity contribution in [3.63, 3.8) is 0 Å². The second-order valence-corrected chi connectivity index (χ2v) is 8.98. The molecular formula is C27H24Cl2N2O4. The maximum absolute atomic E-state index is 11.0. The van der Waals surface area contributed by atoms with Gasteiger partial charge in [0.1, 0.15) is 25.0 Å². The predicted octanol–water partition coefficient (Wildman–Crippen LogP) is 5.84. The lowest BCUT2D eigenvalue weighted by Gasteiger charge is -2.16. The van der Waals surface area contributed by atoms with Gasteiger partial charge in [-0.1, -0.05) is 59.6 Å². The summed E-state index contributed by atoms with van der Waals surface area (Å²) in [6.07, 6.45) is 0.0943. The zero-order chi connectivity index (χ0) is 24.9. The molecule has 0 bridgehead atoms. The summed E-state index contributed by atoms with van der Waals surface area (Å²) in [4.78, 5) is 11.0. The number of carboxylic acids is 1. The minimum atomic E-state index is -1.10. The van der Waals surface area contributed by atoms with E-state index in [9.17, 15) is 4.79 Å². The van der Waals surface area contributed by atoms with Gasteiger partial charge in [0.25, 0.3) is 0 Å². The highest BCUT2D eigenvalue weighted by molar-refractivity contribution is 6.37. The molecular weight excluding hydrogens is 487 g/mol. The lowest BCUT2D eigenvalue weighted by molar-refractivity contribution is -0.138. The number of aliphatic carboxylic acids is 1. The molecule has 8 heteroatoms. The van der Waals surface area contributed by atoms with Gasteiger partial charge in [-0.15, -0.1) is 0 Å². The minimum Gasteiger partial charge on any atom is -0.488 e. The molecule has 4 aromatic rings. The van der Waals surface area contributed by atoms with Crippen LogP contribution in [0, 0.1) is 0 Å². The molecule has 0 saturated heterocycles. The summed E-state index contributed by atoms with van der Waals surface area (Å²) in [5.41, 5.74) is 14.5. The third-order valence-electron chi connectivity index (χ3n) is 5.50. The Kier molecular flexibility index (Phi) is 7.66.